The number of hydrogen-bond acceptors (Lipinski definition) is 6. The van der Waals surface area contributed by atoms with Gasteiger partial charge in [-0.25, -0.2) is 0 Å². The third kappa shape index (κ3) is 8.69. The lowest BCUT2D eigenvalue weighted by molar-refractivity contribution is -0.173. The molecular formula is C14H22N2O7. The molecule has 9 heteroatoms. The Labute approximate surface area is 133 Å². The molecule has 0 radical (unpaired) electrons. The summed E-state index contributed by atoms with van der Waals surface area (Å²) in [6.45, 7) is 5.74. The van der Waals surface area contributed by atoms with Crippen LogP contribution < -0.4 is 5.32 Å². The molecule has 0 aliphatic carbocycles. The van der Waals surface area contributed by atoms with Gasteiger partial charge in [-0.2, -0.15) is 5.06 Å². The standard InChI is InChI=1S/C10H17NO3.C4H5NO4/c1-8(2)10(14)11-7-5-3-4-6-9(12)13;6-2-1-3(7)5(9)4(2)8/h1,3-7H2,2H3,(H,11,14)(H,12,13);2,6,9H,1H2. The minimum Gasteiger partial charge on any atom is -0.481 e. The quantitative estimate of drug-likeness (QED) is 0.219. The number of aliphatic hydroxyl groups is 1. The number of hydrogen-bond donors (Lipinski definition) is 4. The van der Waals surface area contributed by atoms with E-state index >= 15 is 0 Å². The molecule has 1 aliphatic rings. The Hall–Kier alpha value is -2.26. The van der Waals surface area contributed by atoms with Gasteiger partial charge in [0, 0.05) is 18.5 Å². The molecule has 0 aromatic carbocycles. The summed E-state index contributed by atoms with van der Waals surface area (Å²) >= 11 is 0. The van der Waals surface area contributed by atoms with Crippen molar-refractivity contribution >= 4 is 23.7 Å². The van der Waals surface area contributed by atoms with Crippen molar-refractivity contribution in [2.24, 2.45) is 0 Å². The summed E-state index contributed by atoms with van der Waals surface area (Å²) in [6, 6.07) is 0. The molecular weight excluding hydrogens is 308 g/mol. The van der Waals surface area contributed by atoms with E-state index in [4.69, 9.17) is 15.4 Å². The summed E-state index contributed by atoms with van der Waals surface area (Å²) < 4.78 is 0. The molecule has 1 rings (SSSR count). The van der Waals surface area contributed by atoms with Gasteiger partial charge in [0.05, 0.1) is 6.42 Å². The predicted octanol–water partition coefficient (Wildman–Crippen LogP) is -0.181. The molecule has 3 amide bonds. The average molecular weight is 330 g/mol. The number of aliphatic carboxylic acids is 1. The van der Waals surface area contributed by atoms with Crippen molar-refractivity contribution in [3.8, 4) is 0 Å². The van der Waals surface area contributed by atoms with E-state index in [0.717, 1.165) is 12.8 Å². The maximum absolute atomic E-state index is 11.0. The van der Waals surface area contributed by atoms with Crippen molar-refractivity contribution in [1.29, 1.82) is 0 Å². The molecule has 1 aliphatic heterocycles. The summed E-state index contributed by atoms with van der Waals surface area (Å²) in [5.41, 5.74) is 0.496. The maximum atomic E-state index is 11.0. The van der Waals surface area contributed by atoms with Gasteiger partial charge in [-0.15, -0.1) is 0 Å². The molecule has 1 unspecified atom stereocenters. The summed E-state index contributed by atoms with van der Waals surface area (Å²) in [6.07, 6.45) is 0.847. The molecule has 0 aromatic rings. The first-order valence-electron chi connectivity index (χ1n) is 7.06. The number of amides is 3. The van der Waals surface area contributed by atoms with E-state index in [1.807, 2.05) is 0 Å². The second kappa shape index (κ2) is 10.5. The van der Waals surface area contributed by atoms with Crippen molar-refractivity contribution in [2.45, 2.75) is 45.1 Å². The van der Waals surface area contributed by atoms with E-state index in [-0.39, 0.29) is 23.8 Å². The van der Waals surface area contributed by atoms with Crippen LogP contribution in [0.15, 0.2) is 12.2 Å². The first kappa shape index (κ1) is 20.7. The molecule has 1 fully saturated rings. The summed E-state index contributed by atoms with van der Waals surface area (Å²) in [7, 11) is 0. The predicted molar refractivity (Wildman–Crippen MR) is 78.2 cm³/mol. The molecule has 0 bridgehead atoms. The number of carboxylic acids is 1. The number of hydroxylamine groups is 2. The van der Waals surface area contributed by atoms with E-state index in [2.05, 4.69) is 11.9 Å². The number of unbranched alkanes of at least 4 members (excludes halogenated alkanes) is 2. The Morgan fingerprint density at radius 2 is 1.91 bits per heavy atom. The van der Waals surface area contributed by atoms with Gasteiger partial charge in [0.25, 0.3) is 11.8 Å². The zero-order chi connectivity index (χ0) is 18.0. The van der Waals surface area contributed by atoms with Crippen LogP contribution in [-0.2, 0) is 19.2 Å². The van der Waals surface area contributed by atoms with Crippen LogP contribution in [0.25, 0.3) is 0 Å². The lowest BCUT2D eigenvalue weighted by Gasteiger charge is -2.03. The fraction of sp³-hybridized carbons (Fsp3) is 0.571. The van der Waals surface area contributed by atoms with Gasteiger partial charge in [-0.3, -0.25) is 24.4 Å². The number of nitrogens with one attached hydrogen (secondary N) is 1. The fourth-order valence-electron chi connectivity index (χ4n) is 1.53. The van der Waals surface area contributed by atoms with Crippen molar-refractivity contribution < 1.29 is 34.6 Å². The third-order valence-corrected chi connectivity index (χ3v) is 2.84. The van der Waals surface area contributed by atoms with Crippen molar-refractivity contribution in [3.63, 3.8) is 0 Å². The summed E-state index contributed by atoms with van der Waals surface area (Å²) in [4.78, 5) is 41.7. The normalized spacial score (nSPS) is 16.7. The number of nitrogens with zero attached hydrogens (tertiary/aromatic N) is 1. The zero-order valence-corrected chi connectivity index (χ0v) is 12.9. The van der Waals surface area contributed by atoms with Crippen molar-refractivity contribution in [3.05, 3.63) is 12.2 Å². The Bertz CT molecular complexity index is 476. The van der Waals surface area contributed by atoms with Crippen LogP contribution in [0, 0.1) is 0 Å². The minimum atomic E-state index is -1.34. The van der Waals surface area contributed by atoms with Crippen LogP contribution in [0.2, 0.25) is 0 Å². The molecule has 4 N–H and O–H groups in total. The smallest absolute Gasteiger partial charge is 0.303 e. The van der Waals surface area contributed by atoms with Crippen LogP contribution in [-0.4, -0.2) is 56.8 Å². The van der Waals surface area contributed by atoms with E-state index in [0.29, 0.717) is 18.5 Å². The lowest BCUT2D eigenvalue weighted by atomic mass is 10.2. The van der Waals surface area contributed by atoms with Crippen LogP contribution in [0.3, 0.4) is 0 Å². The van der Waals surface area contributed by atoms with Crippen LogP contribution in [0.4, 0.5) is 0 Å². The highest BCUT2D eigenvalue weighted by atomic mass is 16.5. The minimum absolute atomic E-state index is 0.0648. The molecule has 0 aromatic heterocycles. The molecule has 0 saturated carbocycles. The monoisotopic (exact) mass is 330 g/mol. The molecule has 1 heterocycles. The second-order valence-electron chi connectivity index (χ2n) is 5.00. The number of rotatable bonds is 7. The molecule has 1 atom stereocenters. The highest BCUT2D eigenvalue weighted by molar-refractivity contribution is 6.03. The maximum Gasteiger partial charge on any atom is 0.303 e. The highest BCUT2D eigenvalue weighted by Crippen LogP contribution is 2.08. The summed E-state index contributed by atoms with van der Waals surface area (Å²) in [5, 5.41) is 27.9. The molecule has 9 nitrogen and oxygen atoms in total. The van der Waals surface area contributed by atoms with Gasteiger partial charge in [-0.1, -0.05) is 13.0 Å². The Balaban J connectivity index is 0.000000459. The first-order chi connectivity index (χ1) is 10.7. The molecule has 0 spiro atoms. The Kier molecular flexibility index (Phi) is 9.44. The zero-order valence-electron chi connectivity index (χ0n) is 12.9. The molecule has 23 heavy (non-hydrogen) atoms. The van der Waals surface area contributed by atoms with Gasteiger partial charge < -0.3 is 15.5 Å². The lowest BCUT2D eigenvalue weighted by Crippen LogP contribution is -2.28. The second-order valence-corrected chi connectivity index (χ2v) is 5.00. The number of carbonyl (C=O) groups is 4. The van der Waals surface area contributed by atoms with E-state index < -0.39 is 23.9 Å². The van der Waals surface area contributed by atoms with Gasteiger partial charge in [0.15, 0.2) is 0 Å². The number of aliphatic hydroxyl groups excluding tert-OH is 1. The van der Waals surface area contributed by atoms with Crippen LogP contribution in [0.5, 0.6) is 0 Å². The largest absolute Gasteiger partial charge is 0.481 e. The van der Waals surface area contributed by atoms with E-state index in [1.54, 1.807) is 6.92 Å². The van der Waals surface area contributed by atoms with Crippen molar-refractivity contribution in [2.75, 3.05) is 6.54 Å². The van der Waals surface area contributed by atoms with Gasteiger partial charge in [0.1, 0.15) is 6.10 Å². The topological polar surface area (TPSA) is 144 Å². The van der Waals surface area contributed by atoms with Gasteiger partial charge in [-0.05, 0) is 19.8 Å². The fourth-order valence-corrected chi connectivity index (χ4v) is 1.53. The van der Waals surface area contributed by atoms with Gasteiger partial charge in [0.2, 0.25) is 5.91 Å². The number of carboxylic acid groups (broad SMARTS) is 1. The van der Waals surface area contributed by atoms with E-state index in [9.17, 15) is 19.2 Å². The van der Waals surface area contributed by atoms with Crippen molar-refractivity contribution in [1.82, 2.24) is 10.4 Å². The highest BCUT2D eigenvalue weighted by Gasteiger charge is 2.36. The SMILES string of the molecule is C=C(C)C(=O)NCCCCCC(=O)O.O=C1CC(O)C(=O)N1O. The first-order valence-corrected chi connectivity index (χ1v) is 7.06. The third-order valence-electron chi connectivity index (χ3n) is 2.84. The Morgan fingerprint density at radius 1 is 1.30 bits per heavy atom. The summed E-state index contributed by atoms with van der Waals surface area (Å²) in [5.74, 6) is -2.60. The van der Waals surface area contributed by atoms with Gasteiger partial charge >= 0.3 is 5.97 Å². The molecule has 130 valence electrons. The van der Waals surface area contributed by atoms with E-state index in [1.165, 1.54) is 0 Å². The average Bonchev–Trinajstić information content (AvgIpc) is 2.69. The van der Waals surface area contributed by atoms with Crippen LogP contribution in [0.1, 0.15) is 39.0 Å². The van der Waals surface area contributed by atoms with Crippen LogP contribution >= 0.6 is 0 Å². The Morgan fingerprint density at radius 3 is 2.26 bits per heavy atom. The molecule has 1 saturated heterocycles. The number of carbonyl (C=O) groups excluding carboxylic acids is 3. The number of imide groups is 1.